The van der Waals surface area contributed by atoms with Crippen molar-refractivity contribution in [2.75, 3.05) is 32.1 Å². The molecule has 1 saturated heterocycles. The predicted molar refractivity (Wildman–Crippen MR) is 113 cm³/mol. The summed E-state index contributed by atoms with van der Waals surface area (Å²) in [6.07, 6.45) is 2.20. The fraction of sp³-hybridized carbons (Fsp3) is 0.381. The van der Waals surface area contributed by atoms with Crippen molar-refractivity contribution in [3.8, 4) is 5.75 Å². The summed E-state index contributed by atoms with van der Waals surface area (Å²) in [7, 11) is -2.06. The molecule has 2 aromatic rings. The molecule has 0 aliphatic carbocycles. The summed E-state index contributed by atoms with van der Waals surface area (Å²) in [5, 5.41) is 5.59. The second-order valence-corrected chi connectivity index (χ2v) is 9.11. The number of methoxy groups -OCH3 is 1. The van der Waals surface area contributed by atoms with Crippen molar-refractivity contribution < 1.29 is 22.3 Å². The molecule has 1 aliphatic heterocycles. The normalized spacial score (nSPS) is 15.5. The van der Waals surface area contributed by atoms with E-state index < -0.39 is 15.8 Å². The number of amides is 2. The number of halogens is 1. The maximum absolute atomic E-state index is 13.1. The highest BCUT2D eigenvalue weighted by Gasteiger charge is 2.29. The van der Waals surface area contributed by atoms with Gasteiger partial charge in [0.25, 0.3) is 0 Å². The molecule has 3 rings (SSSR count). The fourth-order valence-corrected chi connectivity index (χ4v) is 4.97. The third-order valence-electron chi connectivity index (χ3n) is 5.22. The smallest absolute Gasteiger partial charge is 0.319 e. The van der Waals surface area contributed by atoms with Gasteiger partial charge in [-0.2, -0.15) is 4.31 Å². The van der Waals surface area contributed by atoms with Gasteiger partial charge in [-0.15, -0.1) is 0 Å². The standard InChI is InChI=1S/C21H26FN3O4S/c1-29-20-5-3-2-4-19(20)24-21(26)23-13-10-16-11-14-25(15-12-16)30(27,28)18-8-6-17(22)7-9-18/h2-9,16H,10-15H2,1H3,(H2,23,24,26). The number of para-hydroxylation sites is 2. The highest BCUT2D eigenvalue weighted by atomic mass is 32.2. The lowest BCUT2D eigenvalue weighted by molar-refractivity contribution is 0.245. The highest BCUT2D eigenvalue weighted by Crippen LogP contribution is 2.26. The zero-order chi connectivity index (χ0) is 21.6. The van der Waals surface area contributed by atoms with E-state index in [-0.39, 0.29) is 10.9 Å². The molecule has 0 bridgehead atoms. The third kappa shape index (κ3) is 5.48. The molecule has 30 heavy (non-hydrogen) atoms. The van der Waals surface area contributed by atoms with Gasteiger partial charge in [0.1, 0.15) is 11.6 Å². The number of urea groups is 1. The van der Waals surface area contributed by atoms with Gasteiger partial charge in [0.05, 0.1) is 17.7 Å². The summed E-state index contributed by atoms with van der Waals surface area (Å²) < 4.78 is 45.0. The summed E-state index contributed by atoms with van der Waals surface area (Å²) in [5.41, 5.74) is 0.594. The summed E-state index contributed by atoms with van der Waals surface area (Å²) in [5.74, 6) is 0.452. The van der Waals surface area contributed by atoms with Crippen molar-refractivity contribution in [1.29, 1.82) is 0 Å². The van der Waals surface area contributed by atoms with E-state index in [0.29, 0.717) is 37.0 Å². The van der Waals surface area contributed by atoms with E-state index in [9.17, 15) is 17.6 Å². The van der Waals surface area contributed by atoms with Crippen molar-refractivity contribution in [2.45, 2.75) is 24.2 Å². The minimum absolute atomic E-state index is 0.108. The topological polar surface area (TPSA) is 87.7 Å². The van der Waals surface area contributed by atoms with Gasteiger partial charge in [0.15, 0.2) is 0 Å². The van der Waals surface area contributed by atoms with E-state index in [1.807, 2.05) is 12.1 Å². The molecule has 9 heteroatoms. The predicted octanol–water partition coefficient (Wildman–Crippen LogP) is 3.45. The van der Waals surface area contributed by atoms with Crippen molar-refractivity contribution in [3.63, 3.8) is 0 Å². The molecule has 0 spiro atoms. The Balaban J connectivity index is 1.43. The van der Waals surface area contributed by atoms with Crippen molar-refractivity contribution in [1.82, 2.24) is 9.62 Å². The summed E-state index contributed by atoms with van der Waals surface area (Å²) in [4.78, 5) is 12.2. The van der Waals surface area contributed by atoms with Crippen molar-refractivity contribution in [3.05, 3.63) is 54.3 Å². The molecule has 0 unspecified atom stereocenters. The summed E-state index contributed by atoms with van der Waals surface area (Å²) in [6, 6.07) is 11.7. The number of rotatable bonds is 7. The van der Waals surface area contributed by atoms with Crippen LogP contribution in [0.15, 0.2) is 53.4 Å². The van der Waals surface area contributed by atoms with E-state index in [2.05, 4.69) is 10.6 Å². The SMILES string of the molecule is COc1ccccc1NC(=O)NCCC1CCN(S(=O)(=O)c2ccc(F)cc2)CC1. The molecular formula is C21H26FN3O4S. The van der Waals surface area contributed by atoms with Gasteiger partial charge in [0.2, 0.25) is 10.0 Å². The number of anilines is 1. The lowest BCUT2D eigenvalue weighted by atomic mass is 9.95. The zero-order valence-electron chi connectivity index (χ0n) is 16.8. The molecule has 1 aliphatic rings. The zero-order valence-corrected chi connectivity index (χ0v) is 17.6. The van der Waals surface area contributed by atoms with E-state index in [1.54, 1.807) is 19.2 Å². The van der Waals surface area contributed by atoms with Gasteiger partial charge >= 0.3 is 6.03 Å². The molecule has 162 valence electrons. The number of sulfonamides is 1. The molecular weight excluding hydrogens is 409 g/mol. The van der Waals surface area contributed by atoms with Gasteiger partial charge in [-0.05, 0) is 61.6 Å². The minimum Gasteiger partial charge on any atom is -0.495 e. The molecule has 0 atom stereocenters. The van der Waals surface area contributed by atoms with Gasteiger partial charge in [-0.3, -0.25) is 0 Å². The molecule has 7 nitrogen and oxygen atoms in total. The van der Waals surface area contributed by atoms with Gasteiger partial charge in [0, 0.05) is 19.6 Å². The van der Waals surface area contributed by atoms with Crippen LogP contribution in [0.25, 0.3) is 0 Å². The fourth-order valence-electron chi connectivity index (χ4n) is 3.50. The molecule has 0 radical (unpaired) electrons. The van der Waals surface area contributed by atoms with Crippen LogP contribution in [-0.2, 0) is 10.0 Å². The lowest BCUT2D eigenvalue weighted by Gasteiger charge is -2.31. The van der Waals surface area contributed by atoms with Crippen LogP contribution in [0.3, 0.4) is 0 Å². The van der Waals surface area contributed by atoms with Gasteiger partial charge in [-0.1, -0.05) is 12.1 Å². The lowest BCUT2D eigenvalue weighted by Crippen LogP contribution is -2.39. The first-order chi connectivity index (χ1) is 14.4. The Morgan fingerprint density at radius 2 is 1.80 bits per heavy atom. The van der Waals surface area contributed by atoms with E-state index >= 15 is 0 Å². The Morgan fingerprint density at radius 3 is 2.47 bits per heavy atom. The van der Waals surface area contributed by atoms with E-state index in [0.717, 1.165) is 31.4 Å². The molecule has 1 heterocycles. The Labute approximate surface area is 176 Å². The number of hydrogen-bond acceptors (Lipinski definition) is 4. The van der Waals surface area contributed by atoms with Crippen molar-refractivity contribution in [2.24, 2.45) is 5.92 Å². The first-order valence-electron chi connectivity index (χ1n) is 9.83. The van der Waals surface area contributed by atoms with Crippen LogP contribution in [-0.4, -0.2) is 45.5 Å². The first kappa shape index (κ1) is 22.0. The number of nitrogens with one attached hydrogen (secondary N) is 2. The van der Waals surface area contributed by atoms with Crippen LogP contribution >= 0.6 is 0 Å². The monoisotopic (exact) mass is 435 g/mol. The molecule has 0 saturated carbocycles. The first-order valence-corrected chi connectivity index (χ1v) is 11.3. The van der Waals surface area contributed by atoms with Crippen LogP contribution < -0.4 is 15.4 Å². The maximum atomic E-state index is 13.1. The molecule has 0 aromatic heterocycles. The average Bonchev–Trinajstić information content (AvgIpc) is 2.75. The number of piperidine rings is 1. The van der Waals surface area contributed by atoms with Crippen LogP contribution in [0.2, 0.25) is 0 Å². The Bertz CT molecular complexity index is 958. The average molecular weight is 436 g/mol. The highest BCUT2D eigenvalue weighted by molar-refractivity contribution is 7.89. The largest absolute Gasteiger partial charge is 0.495 e. The van der Waals surface area contributed by atoms with Crippen LogP contribution in [0.1, 0.15) is 19.3 Å². The van der Waals surface area contributed by atoms with Gasteiger partial charge in [-0.25, -0.2) is 17.6 Å². The quantitative estimate of drug-likeness (QED) is 0.697. The number of benzene rings is 2. The molecule has 2 N–H and O–H groups in total. The van der Waals surface area contributed by atoms with E-state index in [1.165, 1.54) is 16.4 Å². The number of carbonyl (C=O) groups excluding carboxylic acids is 1. The van der Waals surface area contributed by atoms with Crippen LogP contribution in [0.5, 0.6) is 5.75 Å². The van der Waals surface area contributed by atoms with Gasteiger partial charge < -0.3 is 15.4 Å². The number of nitrogens with zero attached hydrogens (tertiary/aromatic N) is 1. The van der Waals surface area contributed by atoms with Crippen LogP contribution in [0, 0.1) is 11.7 Å². The second kappa shape index (κ2) is 9.90. The van der Waals surface area contributed by atoms with E-state index in [4.69, 9.17) is 4.74 Å². The van der Waals surface area contributed by atoms with Crippen molar-refractivity contribution >= 4 is 21.7 Å². The number of ether oxygens (including phenoxy) is 1. The Hall–Kier alpha value is -2.65. The third-order valence-corrected chi connectivity index (χ3v) is 7.13. The molecule has 1 fully saturated rings. The Kier molecular flexibility index (Phi) is 7.28. The second-order valence-electron chi connectivity index (χ2n) is 7.17. The summed E-state index contributed by atoms with van der Waals surface area (Å²) >= 11 is 0. The minimum atomic E-state index is -3.60. The molecule has 2 amide bonds. The number of hydrogen-bond donors (Lipinski definition) is 2. The number of carbonyl (C=O) groups is 1. The Morgan fingerprint density at radius 1 is 1.13 bits per heavy atom. The summed E-state index contributed by atoms with van der Waals surface area (Å²) in [6.45, 7) is 1.33. The molecule has 2 aromatic carbocycles. The van der Waals surface area contributed by atoms with Crippen LogP contribution in [0.4, 0.5) is 14.9 Å². The maximum Gasteiger partial charge on any atom is 0.319 e.